The van der Waals surface area contributed by atoms with Crippen LogP contribution in [-0.2, 0) is 4.74 Å². The number of nitrogens with zero attached hydrogens (tertiary/aromatic N) is 1. The van der Waals surface area contributed by atoms with Gasteiger partial charge in [-0.25, -0.2) is 0 Å². The fourth-order valence-corrected chi connectivity index (χ4v) is 2.85. The second-order valence-corrected chi connectivity index (χ2v) is 6.10. The molecule has 0 aliphatic heterocycles. The van der Waals surface area contributed by atoms with Gasteiger partial charge in [0.05, 0.1) is 18.8 Å². The minimum Gasteiger partial charge on any atom is -0.393 e. The summed E-state index contributed by atoms with van der Waals surface area (Å²) in [6.45, 7) is 9.14. The van der Waals surface area contributed by atoms with Crippen molar-refractivity contribution in [2.24, 2.45) is 11.8 Å². The number of hydrogen-bond acceptors (Lipinski definition) is 3. The molecule has 0 aromatic carbocycles. The van der Waals surface area contributed by atoms with E-state index in [0.717, 1.165) is 32.0 Å². The highest BCUT2D eigenvalue weighted by Gasteiger charge is 2.28. The van der Waals surface area contributed by atoms with Crippen molar-refractivity contribution in [1.29, 1.82) is 0 Å². The molecule has 0 bridgehead atoms. The quantitative estimate of drug-likeness (QED) is 0.761. The summed E-state index contributed by atoms with van der Waals surface area (Å²) in [6, 6.07) is 0. The van der Waals surface area contributed by atoms with Gasteiger partial charge in [0.2, 0.25) is 0 Å². The third-order valence-corrected chi connectivity index (χ3v) is 4.10. The first-order valence-electron chi connectivity index (χ1n) is 7.51. The van der Waals surface area contributed by atoms with E-state index >= 15 is 0 Å². The standard InChI is InChI=1S/C15H31NO2/c1-5-13-6-7-15(17)14(10-13)11-16(4)8-9-18-12(2)3/h12-15,17H,5-11H2,1-4H3. The molecule has 1 aliphatic rings. The van der Waals surface area contributed by atoms with Crippen LogP contribution in [-0.4, -0.2) is 49.0 Å². The van der Waals surface area contributed by atoms with E-state index in [2.05, 4.69) is 32.7 Å². The fourth-order valence-electron chi connectivity index (χ4n) is 2.85. The van der Waals surface area contributed by atoms with E-state index in [-0.39, 0.29) is 6.10 Å². The average molecular weight is 257 g/mol. The van der Waals surface area contributed by atoms with E-state index < -0.39 is 0 Å². The summed E-state index contributed by atoms with van der Waals surface area (Å²) < 4.78 is 5.57. The number of rotatable bonds is 7. The lowest BCUT2D eigenvalue weighted by atomic mass is 9.78. The summed E-state index contributed by atoms with van der Waals surface area (Å²) in [5, 5.41) is 10.1. The molecule has 1 aliphatic carbocycles. The van der Waals surface area contributed by atoms with Gasteiger partial charge in [-0.05, 0) is 52.0 Å². The van der Waals surface area contributed by atoms with Crippen molar-refractivity contribution in [1.82, 2.24) is 4.90 Å². The van der Waals surface area contributed by atoms with Crippen LogP contribution >= 0.6 is 0 Å². The molecule has 3 atom stereocenters. The molecule has 0 aromatic heterocycles. The molecule has 3 unspecified atom stereocenters. The lowest BCUT2D eigenvalue weighted by molar-refractivity contribution is 0.0193. The van der Waals surface area contributed by atoms with Crippen LogP contribution in [0.1, 0.15) is 46.5 Å². The Kier molecular flexibility index (Phi) is 7.20. The van der Waals surface area contributed by atoms with Crippen LogP contribution < -0.4 is 0 Å². The number of aliphatic hydroxyl groups excluding tert-OH is 1. The van der Waals surface area contributed by atoms with E-state index in [0.29, 0.717) is 12.0 Å². The maximum Gasteiger partial charge on any atom is 0.0596 e. The molecule has 18 heavy (non-hydrogen) atoms. The summed E-state index contributed by atoms with van der Waals surface area (Å²) in [7, 11) is 2.13. The first kappa shape index (κ1) is 15.9. The van der Waals surface area contributed by atoms with Gasteiger partial charge in [-0.2, -0.15) is 0 Å². The second-order valence-electron chi connectivity index (χ2n) is 6.10. The molecule has 3 nitrogen and oxygen atoms in total. The Balaban J connectivity index is 2.26. The Morgan fingerprint density at radius 1 is 1.33 bits per heavy atom. The van der Waals surface area contributed by atoms with Crippen molar-refractivity contribution in [3.63, 3.8) is 0 Å². The Labute approximate surface area is 113 Å². The lowest BCUT2D eigenvalue weighted by Gasteiger charge is -2.35. The van der Waals surface area contributed by atoms with Gasteiger partial charge in [0.15, 0.2) is 0 Å². The fraction of sp³-hybridized carbons (Fsp3) is 1.00. The van der Waals surface area contributed by atoms with E-state index in [4.69, 9.17) is 4.74 Å². The van der Waals surface area contributed by atoms with Gasteiger partial charge in [-0.3, -0.25) is 0 Å². The van der Waals surface area contributed by atoms with Crippen molar-refractivity contribution < 1.29 is 9.84 Å². The van der Waals surface area contributed by atoms with Crippen LogP contribution in [0.2, 0.25) is 0 Å². The molecule has 1 saturated carbocycles. The summed E-state index contributed by atoms with van der Waals surface area (Å²) in [5.74, 6) is 1.27. The Hall–Kier alpha value is -0.120. The SMILES string of the molecule is CCC1CCC(O)C(CN(C)CCOC(C)C)C1. The topological polar surface area (TPSA) is 32.7 Å². The van der Waals surface area contributed by atoms with Gasteiger partial charge in [-0.15, -0.1) is 0 Å². The third-order valence-electron chi connectivity index (χ3n) is 4.10. The maximum absolute atomic E-state index is 10.1. The predicted molar refractivity (Wildman–Crippen MR) is 75.7 cm³/mol. The zero-order valence-corrected chi connectivity index (χ0v) is 12.6. The summed E-state index contributed by atoms with van der Waals surface area (Å²) in [4.78, 5) is 2.30. The van der Waals surface area contributed by atoms with Crippen LogP contribution in [0.4, 0.5) is 0 Å². The van der Waals surface area contributed by atoms with E-state index in [1.807, 2.05) is 0 Å². The molecule has 0 radical (unpaired) electrons. The summed E-state index contributed by atoms with van der Waals surface area (Å²) in [6.07, 6.45) is 4.84. The first-order chi connectivity index (χ1) is 8.52. The minimum absolute atomic E-state index is 0.0960. The van der Waals surface area contributed by atoms with Gasteiger partial charge in [0.1, 0.15) is 0 Å². The van der Waals surface area contributed by atoms with Crippen LogP contribution in [0, 0.1) is 11.8 Å². The maximum atomic E-state index is 10.1. The third kappa shape index (κ3) is 5.68. The average Bonchev–Trinajstić information content (AvgIpc) is 2.31. The highest BCUT2D eigenvalue weighted by atomic mass is 16.5. The molecule has 1 N–H and O–H groups in total. The second kappa shape index (κ2) is 8.13. The van der Waals surface area contributed by atoms with Crippen molar-refractivity contribution in [2.45, 2.75) is 58.7 Å². The molecule has 0 spiro atoms. The van der Waals surface area contributed by atoms with Gasteiger partial charge in [-0.1, -0.05) is 13.3 Å². The molecule has 108 valence electrons. The molecule has 0 saturated heterocycles. The summed E-state index contributed by atoms with van der Waals surface area (Å²) in [5.41, 5.74) is 0. The van der Waals surface area contributed by atoms with Crippen molar-refractivity contribution in [3.8, 4) is 0 Å². The highest BCUT2D eigenvalue weighted by Crippen LogP contribution is 2.31. The Morgan fingerprint density at radius 3 is 2.67 bits per heavy atom. The van der Waals surface area contributed by atoms with Crippen LogP contribution in [0.25, 0.3) is 0 Å². The smallest absolute Gasteiger partial charge is 0.0596 e. The molecular weight excluding hydrogens is 226 g/mol. The lowest BCUT2D eigenvalue weighted by Crippen LogP contribution is -2.38. The van der Waals surface area contributed by atoms with Crippen LogP contribution in [0.5, 0.6) is 0 Å². The zero-order chi connectivity index (χ0) is 13.5. The van der Waals surface area contributed by atoms with Gasteiger partial charge in [0, 0.05) is 13.1 Å². The van der Waals surface area contributed by atoms with Gasteiger partial charge < -0.3 is 14.7 Å². The number of hydrogen-bond donors (Lipinski definition) is 1. The van der Waals surface area contributed by atoms with Crippen molar-refractivity contribution >= 4 is 0 Å². The van der Waals surface area contributed by atoms with E-state index in [1.54, 1.807) is 0 Å². The number of likely N-dealkylation sites (N-methyl/N-ethyl adjacent to an activating group) is 1. The normalized spacial score (nSPS) is 29.2. The monoisotopic (exact) mass is 257 g/mol. The zero-order valence-electron chi connectivity index (χ0n) is 12.6. The molecule has 1 fully saturated rings. The van der Waals surface area contributed by atoms with Gasteiger partial charge in [0.25, 0.3) is 0 Å². The molecule has 1 rings (SSSR count). The number of aliphatic hydroxyl groups is 1. The molecule has 0 aromatic rings. The largest absolute Gasteiger partial charge is 0.393 e. The molecular formula is C15H31NO2. The van der Waals surface area contributed by atoms with Crippen LogP contribution in [0.3, 0.4) is 0 Å². The highest BCUT2D eigenvalue weighted by molar-refractivity contribution is 4.81. The molecule has 0 heterocycles. The minimum atomic E-state index is -0.0960. The molecule has 3 heteroatoms. The number of ether oxygens (including phenoxy) is 1. The first-order valence-corrected chi connectivity index (χ1v) is 7.51. The van der Waals surface area contributed by atoms with E-state index in [1.165, 1.54) is 19.3 Å². The van der Waals surface area contributed by atoms with Crippen molar-refractivity contribution in [2.75, 3.05) is 26.7 Å². The summed E-state index contributed by atoms with van der Waals surface area (Å²) >= 11 is 0. The van der Waals surface area contributed by atoms with Gasteiger partial charge >= 0.3 is 0 Å². The van der Waals surface area contributed by atoms with Crippen LogP contribution in [0.15, 0.2) is 0 Å². The molecule has 0 amide bonds. The predicted octanol–water partition coefficient (Wildman–Crippen LogP) is 2.53. The Bertz CT molecular complexity index is 221. The Morgan fingerprint density at radius 2 is 2.06 bits per heavy atom. The van der Waals surface area contributed by atoms with Crippen molar-refractivity contribution in [3.05, 3.63) is 0 Å². The van der Waals surface area contributed by atoms with E-state index in [9.17, 15) is 5.11 Å².